The predicted molar refractivity (Wildman–Crippen MR) is 162 cm³/mol. The maximum Gasteiger partial charge on any atom is 0.320 e. The molecule has 0 radical (unpaired) electrons. The third-order valence-corrected chi connectivity index (χ3v) is 10.3. The third kappa shape index (κ3) is 6.82. The van der Waals surface area contributed by atoms with Crippen molar-refractivity contribution in [2.45, 2.75) is 76.8 Å². The van der Waals surface area contributed by atoms with Crippen molar-refractivity contribution in [3.63, 3.8) is 0 Å². The van der Waals surface area contributed by atoms with Crippen molar-refractivity contribution in [1.29, 1.82) is 0 Å². The van der Waals surface area contributed by atoms with Gasteiger partial charge in [0.2, 0.25) is 0 Å². The van der Waals surface area contributed by atoms with Crippen molar-refractivity contribution < 1.29 is 14.3 Å². The number of likely N-dealkylation sites (tertiary alicyclic amines) is 2. The largest absolute Gasteiger partial charge is 0.497 e. The van der Waals surface area contributed by atoms with Crippen LogP contribution >= 0.6 is 11.3 Å². The second-order valence-corrected chi connectivity index (χ2v) is 13.0. The van der Waals surface area contributed by atoms with Crippen LogP contribution in [0.3, 0.4) is 0 Å². The molecule has 2 atom stereocenters. The van der Waals surface area contributed by atoms with Gasteiger partial charge in [-0.1, -0.05) is 32.1 Å². The quantitative estimate of drug-likeness (QED) is 0.377. The Morgan fingerprint density at radius 2 is 1.80 bits per heavy atom. The highest BCUT2D eigenvalue weighted by molar-refractivity contribution is 7.17. The smallest absolute Gasteiger partial charge is 0.320 e. The number of methoxy groups -OCH3 is 1. The number of ether oxygens (including phenoxy) is 1. The van der Waals surface area contributed by atoms with Crippen molar-refractivity contribution in [1.82, 2.24) is 20.0 Å². The topological polar surface area (TPSA) is 65.1 Å². The van der Waals surface area contributed by atoms with Gasteiger partial charge in [-0.05, 0) is 86.5 Å². The molecule has 3 heterocycles. The number of nitrogens with zero attached hydrogens (tertiary/aromatic N) is 3. The van der Waals surface area contributed by atoms with Gasteiger partial charge in [0, 0.05) is 44.1 Å². The average molecular weight is 567 g/mol. The molecule has 5 rings (SSSR count). The Balaban J connectivity index is 1.07. The molecule has 3 aliphatic rings. The van der Waals surface area contributed by atoms with Gasteiger partial charge in [-0.15, -0.1) is 11.3 Å². The lowest BCUT2D eigenvalue weighted by Crippen LogP contribution is -2.45. The highest BCUT2D eigenvalue weighted by Gasteiger charge is 2.36. The van der Waals surface area contributed by atoms with Crippen LogP contribution in [0.25, 0.3) is 10.4 Å². The van der Waals surface area contributed by atoms with Gasteiger partial charge in [0.15, 0.2) is 0 Å². The van der Waals surface area contributed by atoms with Crippen LogP contribution in [0.2, 0.25) is 0 Å². The third-order valence-electron chi connectivity index (χ3n) is 9.22. The summed E-state index contributed by atoms with van der Waals surface area (Å²) < 4.78 is 5.33. The van der Waals surface area contributed by atoms with Crippen LogP contribution < -0.4 is 10.1 Å². The molecule has 1 N–H and O–H groups in total. The molecule has 1 saturated carbocycles. The van der Waals surface area contributed by atoms with Gasteiger partial charge in [0.25, 0.3) is 5.91 Å². The Morgan fingerprint density at radius 1 is 1.02 bits per heavy atom. The van der Waals surface area contributed by atoms with Crippen molar-refractivity contribution in [3.8, 4) is 16.2 Å². The van der Waals surface area contributed by atoms with Crippen LogP contribution in [0, 0.1) is 12.8 Å². The molecule has 1 aromatic heterocycles. The lowest BCUT2D eigenvalue weighted by atomic mass is 9.86. The van der Waals surface area contributed by atoms with Gasteiger partial charge >= 0.3 is 6.03 Å². The normalized spacial score (nSPS) is 21.7. The molecule has 3 fully saturated rings. The van der Waals surface area contributed by atoms with Crippen LogP contribution in [0.4, 0.5) is 4.79 Å². The fraction of sp³-hybridized carbons (Fsp3) is 0.625. The number of hydrogen-bond donors (Lipinski definition) is 1. The van der Waals surface area contributed by atoms with Gasteiger partial charge in [0.1, 0.15) is 5.75 Å². The van der Waals surface area contributed by atoms with E-state index in [4.69, 9.17) is 4.74 Å². The predicted octanol–water partition coefficient (Wildman–Crippen LogP) is 6.02. The van der Waals surface area contributed by atoms with E-state index in [2.05, 4.69) is 12.2 Å². The number of aryl methyl sites for hydroxylation is 1. The first kappa shape index (κ1) is 28.9. The summed E-state index contributed by atoms with van der Waals surface area (Å²) in [5.74, 6) is 1.80. The molecular weight excluding hydrogens is 520 g/mol. The molecule has 2 aromatic rings. The molecule has 1 aromatic carbocycles. The van der Waals surface area contributed by atoms with E-state index in [1.807, 2.05) is 52.1 Å². The molecule has 0 bridgehead atoms. The minimum absolute atomic E-state index is 0.0281. The number of amides is 3. The summed E-state index contributed by atoms with van der Waals surface area (Å²) in [5, 5.41) is 3.71. The second-order valence-electron chi connectivity index (χ2n) is 12.0. The van der Waals surface area contributed by atoms with Crippen molar-refractivity contribution >= 4 is 23.3 Å². The van der Waals surface area contributed by atoms with Gasteiger partial charge in [-0.3, -0.25) is 4.79 Å². The highest BCUT2D eigenvalue weighted by atomic mass is 32.1. The summed E-state index contributed by atoms with van der Waals surface area (Å²) in [4.78, 5) is 34.2. The Hall–Kier alpha value is -2.58. The summed E-state index contributed by atoms with van der Waals surface area (Å²) in [7, 11) is 3.55. The van der Waals surface area contributed by atoms with Gasteiger partial charge < -0.3 is 24.8 Å². The van der Waals surface area contributed by atoms with Crippen LogP contribution in [0.5, 0.6) is 5.75 Å². The molecule has 7 nitrogen and oxygen atoms in total. The van der Waals surface area contributed by atoms with E-state index in [1.165, 1.54) is 56.3 Å². The van der Waals surface area contributed by atoms with Gasteiger partial charge in [-0.2, -0.15) is 0 Å². The summed E-state index contributed by atoms with van der Waals surface area (Å²) in [6.45, 7) is 6.04. The number of thiophene rings is 1. The molecular formula is C32H46N4O3S. The molecule has 0 unspecified atom stereocenters. The molecule has 8 heteroatoms. The van der Waals surface area contributed by atoms with Crippen molar-refractivity contribution in [3.05, 3.63) is 40.8 Å². The van der Waals surface area contributed by atoms with E-state index >= 15 is 0 Å². The first-order chi connectivity index (χ1) is 19.4. The van der Waals surface area contributed by atoms with Crippen LogP contribution in [0.1, 0.15) is 73.0 Å². The first-order valence-electron chi connectivity index (χ1n) is 15.2. The molecule has 218 valence electrons. The van der Waals surface area contributed by atoms with E-state index in [0.717, 1.165) is 65.0 Å². The number of carbonyl (C=O) groups excluding carboxylic acids is 2. The van der Waals surface area contributed by atoms with Gasteiger partial charge in [-0.25, -0.2) is 4.79 Å². The van der Waals surface area contributed by atoms with E-state index in [1.54, 1.807) is 7.11 Å². The highest BCUT2D eigenvalue weighted by Crippen LogP contribution is 2.33. The lowest BCUT2D eigenvalue weighted by molar-refractivity contribution is 0.0740. The number of hydrogen-bond acceptors (Lipinski definition) is 5. The summed E-state index contributed by atoms with van der Waals surface area (Å²) in [6.07, 6.45) is 11.5. The lowest BCUT2D eigenvalue weighted by Gasteiger charge is -2.27. The zero-order valence-corrected chi connectivity index (χ0v) is 25.3. The number of urea groups is 1. The van der Waals surface area contributed by atoms with Crippen molar-refractivity contribution in [2.24, 2.45) is 5.92 Å². The standard InChI is InChI=1S/C32H46N4O3S/c1-23-20-27(39-3)11-12-28(23)29-13-14-30(40-29)31(37)34(2)26-16-19-36(22-26)32(38)35-18-15-25(21-35)33-17-7-10-24-8-5-4-6-9-24/h11-14,20,24-26,33H,4-10,15-19,21-22H2,1-3H3/t25-,26+/m1/s1. The summed E-state index contributed by atoms with van der Waals surface area (Å²) in [6, 6.07) is 10.5. The first-order valence-corrected chi connectivity index (χ1v) is 16.0. The van der Waals surface area contributed by atoms with E-state index in [0.29, 0.717) is 19.1 Å². The summed E-state index contributed by atoms with van der Waals surface area (Å²) >= 11 is 1.52. The van der Waals surface area contributed by atoms with Crippen LogP contribution in [-0.4, -0.2) is 85.6 Å². The Labute approximate surface area is 243 Å². The SMILES string of the molecule is COc1ccc(-c2ccc(C(=O)N(C)[C@H]3CCN(C(=O)N4CC[C@@H](NCCCC5CCCCC5)C4)C3)s2)c(C)c1. The zero-order chi connectivity index (χ0) is 28.1. The minimum Gasteiger partial charge on any atom is -0.497 e. The number of nitrogens with one attached hydrogen (secondary N) is 1. The van der Waals surface area contributed by atoms with Gasteiger partial charge in [0.05, 0.1) is 18.0 Å². The van der Waals surface area contributed by atoms with Crippen molar-refractivity contribution in [2.75, 3.05) is 46.9 Å². The maximum absolute atomic E-state index is 13.4. The van der Waals surface area contributed by atoms with E-state index in [9.17, 15) is 9.59 Å². The Bertz CT molecular complexity index is 1160. The summed E-state index contributed by atoms with van der Waals surface area (Å²) in [5.41, 5.74) is 2.24. The molecule has 3 amide bonds. The molecule has 2 saturated heterocycles. The number of likely N-dealkylation sites (N-methyl/N-ethyl adjacent to an activating group) is 1. The average Bonchev–Trinajstić information content (AvgIpc) is 3.76. The Kier molecular flexibility index (Phi) is 9.68. The fourth-order valence-electron chi connectivity index (χ4n) is 6.68. The Morgan fingerprint density at radius 3 is 2.58 bits per heavy atom. The monoisotopic (exact) mass is 566 g/mol. The van der Waals surface area contributed by atoms with E-state index < -0.39 is 0 Å². The van der Waals surface area contributed by atoms with Crippen LogP contribution in [-0.2, 0) is 0 Å². The molecule has 0 spiro atoms. The molecule has 40 heavy (non-hydrogen) atoms. The number of rotatable bonds is 9. The molecule has 2 aliphatic heterocycles. The zero-order valence-electron chi connectivity index (χ0n) is 24.5. The number of benzene rings is 1. The maximum atomic E-state index is 13.4. The number of carbonyl (C=O) groups is 2. The molecule has 1 aliphatic carbocycles. The second kappa shape index (κ2) is 13.4. The fourth-order valence-corrected chi connectivity index (χ4v) is 7.76. The minimum atomic E-state index is 0.0281. The van der Waals surface area contributed by atoms with Crippen LogP contribution in [0.15, 0.2) is 30.3 Å². The van der Waals surface area contributed by atoms with E-state index in [-0.39, 0.29) is 18.0 Å².